The third kappa shape index (κ3) is 3.99. The minimum Gasteiger partial charge on any atom is -0.465 e. The summed E-state index contributed by atoms with van der Waals surface area (Å²) in [5.74, 6) is 0.00363. The molecule has 1 amide bonds. The van der Waals surface area contributed by atoms with Crippen LogP contribution in [0.1, 0.15) is 28.8 Å². The van der Waals surface area contributed by atoms with E-state index in [0.29, 0.717) is 23.7 Å². The van der Waals surface area contributed by atoms with Crippen molar-refractivity contribution in [2.75, 3.05) is 30.4 Å². The van der Waals surface area contributed by atoms with E-state index in [4.69, 9.17) is 4.74 Å². The summed E-state index contributed by atoms with van der Waals surface area (Å²) >= 11 is 0. The van der Waals surface area contributed by atoms with Gasteiger partial charge in [0.2, 0.25) is 11.9 Å². The van der Waals surface area contributed by atoms with Crippen molar-refractivity contribution in [1.29, 1.82) is 0 Å². The van der Waals surface area contributed by atoms with Gasteiger partial charge in [-0.1, -0.05) is 6.07 Å². The van der Waals surface area contributed by atoms with E-state index in [1.165, 1.54) is 7.11 Å². The van der Waals surface area contributed by atoms with Crippen LogP contribution in [0.5, 0.6) is 0 Å². The number of carbonyl (C=O) groups is 2. The predicted molar refractivity (Wildman–Crippen MR) is 98.1 cm³/mol. The molecule has 7 heteroatoms. The number of nitrogens with one attached hydrogen (secondary N) is 1. The van der Waals surface area contributed by atoms with Crippen LogP contribution in [0.15, 0.2) is 36.7 Å². The first-order valence-corrected chi connectivity index (χ1v) is 8.60. The summed E-state index contributed by atoms with van der Waals surface area (Å²) in [6.07, 6.45) is 5.11. The summed E-state index contributed by atoms with van der Waals surface area (Å²) in [5.41, 5.74) is 1.94. The van der Waals surface area contributed by atoms with Gasteiger partial charge in [0.05, 0.1) is 18.6 Å². The van der Waals surface area contributed by atoms with Crippen molar-refractivity contribution in [3.8, 4) is 0 Å². The molecular formula is C19H22N4O3. The first-order chi connectivity index (χ1) is 12.6. The maximum atomic E-state index is 12.8. The average Bonchev–Trinajstić information content (AvgIpc) is 2.69. The zero-order chi connectivity index (χ0) is 18.5. The summed E-state index contributed by atoms with van der Waals surface area (Å²) < 4.78 is 4.74. The average molecular weight is 354 g/mol. The van der Waals surface area contributed by atoms with E-state index in [9.17, 15) is 9.59 Å². The molecule has 1 atom stereocenters. The Hall–Kier alpha value is -2.96. The van der Waals surface area contributed by atoms with E-state index < -0.39 is 5.97 Å². The second kappa shape index (κ2) is 7.95. The fourth-order valence-electron chi connectivity index (χ4n) is 3.06. The second-order valence-electron chi connectivity index (χ2n) is 6.34. The Bertz CT molecular complexity index is 795. The van der Waals surface area contributed by atoms with Crippen molar-refractivity contribution >= 4 is 23.5 Å². The maximum absolute atomic E-state index is 12.8. The van der Waals surface area contributed by atoms with E-state index in [1.54, 1.807) is 36.7 Å². The number of benzene rings is 1. The Balaban J connectivity index is 1.71. The minimum atomic E-state index is -0.425. The lowest BCUT2D eigenvalue weighted by molar-refractivity contribution is -0.120. The second-order valence-corrected chi connectivity index (χ2v) is 6.34. The molecule has 26 heavy (non-hydrogen) atoms. The molecule has 1 aliphatic rings. The van der Waals surface area contributed by atoms with Gasteiger partial charge in [0, 0.05) is 31.2 Å². The molecule has 2 aromatic rings. The number of ether oxygens (including phenoxy) is 1. The number of hydrogen-bond donors (Lipinski definition) is 1. The van der Waals surface area contributed by atoms with E-state index >= 15 is 0 Å². The molecule has 1 aliphatic heterocycles. The molecule has 0 spiro atoms. The molecule has 1 unspecified atom stereocenters. The highest BCUT2D eigenvalue weighted by atomic mass is 16.5. The number of nitrogens with zero attached hydrogens (tertiary/aromatic N) is 3. The molecule has 1 N–H and O–H groups in total. The molecule has 2 heterocycles. The summed E-state index contributed by atoms with van der Waals surface area (Å²) in [6.45, 7) is 3.30. The fourth-order valence-corrected chi connectivity index (χ4v) is 3.06. The molecule has 1 fully saturated rings. The number of aryl methyl sites for hydroxylation is 1. The van der Waals surface area contributed by atoms with Crippen LogP contribution in [-0.2, 0) is 9.53 Å². The third-order valence-corrected chi connectivity index (χ3v) is 4.54. The molecule has 1 aromatic heterocycles. The monoisotopic (exact) mass is 354 g/mol. The van der Waals surface area contributed by atoms with Crippen LogP contribution in [0.2, 0.25) is 0 Å². The molecular weight excluding hydrogens is 332 g/mol. The van der Waals surface area contributed by atoms with Crippen LogP contribution < -0.4 is 10.2 Å². The Morgan fingerprint density at radius 1 is 1.27 bits per heavy atom. The molecule has 1 saturated heterocycles. The fraction of sp³-hybridized carbons (Fsp3) is 0.368. The number of aromatic nitrogens is 2. The quantitative estimate of drug-likeness (QED) is 0.849. The van der Waals surface area contributed by atoms with E-state index in [0.717, 1.165) is 24.9 Å². The SMILES string of the molecule is COC(=O)c1ccc(C)c(NC(=O)C2CCCN(c3ncccn3)C2)c1. The van der Waals surface area contributed by atoms with Gasteiger partial charge in [-0.05, 0) is 43.5 Å². The van der Waals surface area contributed by atoms with Gasteiger partial charge in [-0.2, -0.15) is 0 Å². The lowest BCUT2D eigenvalue weighted by atomic mass is 9.97. The van der Waals surface area contributed by atoms with Crippen LogP contribution in [0.25, 0.3) is 0 Å². The molecule has 3 rings (SSSR count). The van der Waals surface area contributed by atoms with Gasteiger partial charge in [0.15, 0.2) is 0 Å². The smallest absolute Gasteiger partial charge is 0.337 e. The third-order valence-electron chi connectivity index (χ3n) is 4.54. The van der Waals surface area contributed by atoms with Crippen molar-refractivity contribution in [1.82, 2.24) is 9.97 Å². The zero-order valence-corrected chi connectivity index (χ0v) is 14.9. The lowest BCUT2D eigenvalue weighted by Crippen LogP contribution is -2.41. The molecule has 7 nitrogen and oxygen atoms in total. The number of anilines is 2. The largest absolute Gasteiger partial charge is 0.465 e. The van der Waals surface area contributed by atoms with E-state index in [2.05, 4.69) is 15.3 Å². The Morgan fingerprint density at radius 2 is 2.04 bits per heavy atom. The standard InChI is InChI=1S/C19H22N4O3/c1-13-6-7-14(18(25)26-2)11-16(13)22-17(24)15-5-3-10-23(12-15)19-20-8-4-9-21-19/h4,6-9,11,15H,3,5,10,12H2,1-2H3,(H,22,24). The first kappa shape index (κ1) is 17.8. The Kier molecular flexibility index (Phi) is 5.46. The number of piperidine rings is 1. The van der Waals surface area contributed by atoms with Gasteiger partial charge >= 0.3 is 5.97 Å². The van der Waals surface area contributed by atoms with Crippen LogP contribution in [0.3, 0.4) is 0 Å². The van der Waals surface area contributed by atoms with E-state index in [-0.39, 0.29) is 11.8 Å². The summed E-state index contributed by atoms with van der Waals surface area (Å²) in [5, 5.41) is 2.96. The normalized spacial score (nSPS) is 16.8. The van der Waals surface area contributed by atoms with Crippen LogP contribution in [-0.4, -0.2) is 42.0 Å². The molecule has 0 radical (unpaired) electrons. The predicted octanol–water partition coefficient (Wildman–Crippen LogP) is 2.43. The van der Waals surface area contributed by atoms with Gasteiger partial charge in [0.1, 0.15) is 0 Å². The number of esters is 1. The summed E-state index contributed by atoms with van der Waals surface area (Å²) in [6, 6.07) is 6.91. The zero-order valence-electron chi connectivity index (χ0n) is 14.9. The van der Waals surface area contributed by atoms with Crippen LogP contribution in [0, 0.1) is 12.8 Å². The summed E-state index contributed by atoms with van der Waals surface area (Å²) in [7, 11) is 1.34. The molecule has 0 aliphatic carbocycles. The number of hydrogen-bond acceptors (Lipinski definition) is 6. The van der Waals surface area contributed by atoms with Crippen LogP contribution in [0.4, 0.5) is 11.6 Å². The maximum Gasteiger partial charge on any atom is 0.337 e. The van der Waals surface area contributed by atoms with Crippen molar-refractivity contribution < 1.29 is 14.3 Å². The number of rotatable bonds is 4. The molecule has 0 bridgehead atoms. The number of amides is 1. The highest BCUT2D eigenvalue weighted by Gasteiger charge is 2.27. The number of methoxy groups -OCH3 is 1. The van der Waals surface area contributed by atoms with Crippen molar-refractivity contribution in [3.05, 3.63) is 47.8 Å². The summed E-state index contributed by atoms with van der Waals surface area (Å²) in [4.78, 5) is 35.0. The number of carbonyl (C=O) groups excluding carboxylic acids is 2. The van der Waals surface area contributed by atoms with Crippen LogP contribution >= 0.6 is 0 Å². The highest BCUT2D eigenvalue weighted by molar-refractivity contribution is 5.96. The lowest BCUT2D eigenvalue weighted by Gasteiger charge is -2.32. The minimum absolute atomic E-state index is 0.0595. The Labute approximate surface area is 152 Å². The highest BCUT2D eigenvalue weighted by Crippen LogP contribution is 2.23. The molecule has 0 saturated carbocycles. The van der Waals surface area contributed by atoms with E-state index in [1.807, 2.05) is 11.8 Å². The molecule has 1 aromatic carbocycles. The van der Waals surface area contributed by atoms with Crippen molar-refractivity contribution in [2.24, 2.45) is 5.92 Å². The van der Waals surface area contributed by atoms with Crippen molar-refractivity contribution in [2.45, 2.75) is 19.8 Å². The van der Waals surface area contributed by atoms with Gasteiger partial charge < -0.3 is 15.0 Å². The topological polar surface area (TPSA) is 84.4 Å². The van der Waals surface area contributed by atoms with Gasteiger partial charge in [-0.25, -0.2) is 14.8 Å². The van der Waals surface area contributed by atoms with Gasteiger partial charge in [-0.15, -0.1) is 0 Å². The van der Waals surface area contributed by atoms with Gasteiger partial charge in [-0.3, -0.25) is 4.79 Å². The van der Waals surface area contributed by atoms with Crippen molar-refractivity contribution in [3.63, 3.8) is 0 Å². The first-order valence-electron chi connectivity index (χ1n) is 8.60. The molecule has 136 valence electrons. The van der Waals surface area contributed by atoms with Gasteiger partial charge in [0.25, 0.3) is 0 Å². The Morgan fingerprint density at radius 3 is 2.77 bits per heavy atom.